The van der Waals surface area contributed by atoms with Crippen molar-refractivity contribution in [3.05, 3.63) is 44.7 Å². The minimum Gasteiger partial charge on any atom is -0.464 e. The van der Waals surface area contributed by atoms with Crippen LogP contribution in [0.2, 0.25) is 15.1 Å². The van der Waals surface area contributed by atoms with Crippen LogP contribution in [0.4, 0.5) is 0 Å². The third kappa shape index (κ3) is 2.56. The molecule has 4 nitrogen and oxygen atoms in total. The Morgan fingerprint density at radius 1 is 1.26 bits per heavy atom. The summed E-state index contributed by atoms with van der Waals surface area (Å²) >= 11 is 17.9. The molecule has 0 radical (unpaired) electrons. The first-order valence-electron chi connectivity index (χ1n) is 5.24. The van der Waals surface area contributed by atoms with Crippen LogP contribution in [-0.2, 0) is 4.74 Å². The maximum absolute atomic E-state index is 11.5. The van der Waals surface area contributed by atoms with E-state index in [1.807, 2.05) is 0 Å². The molecule has 0 aliphatic heterocycles. The van der Waals surface area contributed by atoms with Gasteiger partial charge in [-0.2, -0.15) is 5.10 Å². The van der Waals surface area contributed by atoms with Crippen molar-refractivity contribution in [2.24, 2.45) is 0 Å². The molecule has 0 spiro atoms. The van der Waals surface area contributed by atoms with Crippen LogP contribution in [0.3, 0.4) is 0 Å². The number of methoxy groups -OCH3 is 1. The van der Waals surface area contributed by atoms with Gasteiger partial charge < -0.3 is 4.74 Å². The topological polar surface area (TPSA) is 44.1 Å². The highest BCUT2D eigenvalue weighted by atomic mass is 35.5. The lowest BCUT2D eigenvalue weighted by atomic mass is 10.3. The smallest absolute Gasteiger partial charge is 0.360 e. The molecule has 2 rings (SSSR count). The molecule has 0 saturated carbocycles. The molecular formula is C12H9Cl3N2O2. The van der Waals surface area contributed by atoms with Crippen LogP contribution < -0.4 is 0 Å². The average molecular weight is 320 g/mol. The highest BCUT2D eigenvalue weighted by Gasteiger charge is 2.20. The summed E-state index contributed by atoms with van der Waals surface area (Å²) in [6.45, 7) is 1.74. The van der Waals surface area contributed by atoms with Crippen molar-refractivity contribution in [3.8, 4) is 5.69 Å². The van der Waals surface area contributed by atoms with Gasteiger partial charge in [0.05, 0.1) is 33.6 Å². The molecule has 1 heterocycles. The average Bonchev–Trinajstić information content (AvgIpc) is 2.69. The molecule has 1 aromatic carbocycles. The van der Waals surface area contributed by atoms with E-state index >= 15 is 0 Å². The van der Waals surface area contributed by atoms with Gasteiger partial charge in [-0.1, -0.05) is 34.8 Å². The fourth-order valence-corrected chi connectivity index (χ4v) is 2.07. The van der Waals surface area contributed by atoms with Crippen LogP contribution in [0.15, 0.2) is 18.2 Å². The van der Waals surface area contributed by atoms with Crippen molar-refractivity contribution < 1.29 is 9.53 Å². The molecule has 0 N–H and O–H groups in total. The van der Waals surface area contributed by atoms with E-state index in [1.54, 1.807) is 25.1 Å². The van der Waals surface area contributed by atoms with Crippen molar-refractivity contribution in [3.63, 3.8) is 0 Å². The standard InChI is InChI=1S/C12H9Cl3N2O2/c1-6-10(15)11(12(18)19-2)16-17(6)7-3-4-8(13)9(14)5-7/h3-5H,1-2H3. The number of aromatic nitrogens is 2. The molecule has 2 aromatic rings. The van der Waals surface area contributed by atoms with Crippen molar-refractivity contribution in [2.45, 2.75) is 6.92 Å². The maximum Gasteiger partial charge on any atom is 0.360 e. The van der Waals surface area contributed by atoms with Gasteiger partial charge in [-0.3, -0.25) is 0 Å². The first kappa shape index (κ1) is 14.2. The Morgan fingerprint density at radius 3 is 2.53 bits per heavy atom. The molecule has 0 fully saturated rings. The number of halogens is 3. The van der Waals surface area contributed by atoms with Crippen molar-refractivity contribution >= 4 is 40.8 Å². The van der Waals surface area contributed by atoms with Crippen LogP contribution in [0, 0.1) is 6.92 Å². The minimum absolute atomic E-state index is 0.0627. The molecule has 0 atom stereocenters. The Kier molecular flexibility index (Phi) is 4.04. The van der Waals surface area contributed by atoms with E-state index in [2.05, 4.69) is 9.84 Å². The van der Waals surface area contributed by atoms with Crippen molar-refractivity contribution in [1.82, 2.24) is 9.78 Å². The molecular weight excluding hydrogens is 311 g/mol. The van der Waals surface area contributed by atoms with Gasteiger partial charge in [-0.15, -0.1) is 0 Å². The van der Waals surface area contributed by atoms with Gasteiger partial charge >= 0.3 is 5.97 Å². The number of hydrogen-bond acceptors (Lipinski definition) is 3. The van der Waals surface area contributed by atoms with Crippen LogP contribution in [0.5, 0.6) is 0 Å². The lowest BCUT2D eigenvalue weighted by Crippen LogP contribution is -2.04. The third-order valence-corrected chi connectivity index (χ3v) is 3.76. The van der Waals surface area contributed by atoms with E-state index in [0.717, 1.165) is 0 Å². The number of benzene rings is 1. The molecule has 1 aromatic heterocycles. The Hall–Kier alpha value is -1.23. The monoisotopic (exact) mass is 318 g/mol. The number of carbonyl (C=O) groups is 1. The molecule has 7 heteroatoms. The fourth-order valence-electron chi connectivity index (χ4n) is 1.58. The molecule has 0 bridgehead atoms. The highest BCUT2D eigenvalue weighted by molar-refractivity contribution is 6.42. The number of nitrogens with zero attached hydrogens (tertiary/aromatic N) is 2. The van der Waals surface area contributed by atoms with Gasteiger partial charge in [-0.05, 0) is 25.1 Å². The second-order valence-electron chi connectivity index (χ2n) is 3.75. The summed E-state index contributed by atoms with van der Waals surface area (Å²) < 4.78 is 6.13. The summed E-state index contributed by atoms with van der Waals surface area (Å²) in [7, 11) is 1.27. The van der Waals surface area contributed by atoms with E-state index in [0.29, 0.717) is 21.4 Å². The molecule has 0 amide bonds. The van der Waals surface area contributed by atoms with Gasteiger partial charge in [0.15, 0.2) is 5.69 Å². The fraction of sp³-hybridized carbons (Fsp3) is 0.167. The molecule has 0 unspecified atom stereocenters. The Labute approximate surface area is 124 Å². The first-order chi connectivity index (χ1) is 8.95. The second-order valence-corrected chi connectivity index (χ2v) is 4.94. The molecule has 0 saturated heterocycles. The molecule has 100 valence electrons. The van der Waals surface area contributed by atoms with Crippen LogP contribution in [0.25, 0.3) is 5.69 Å². The predicted molar refractivity (Wildman–Crippen MR) is 74.7 cm³/mol. The zero-order valence-corrected chi connectivity index (χ0v) is 12.3. The zero-order chi connectivity index (χ0) is 14.2. The number of esters is 1. The van der Waals surface area contributed by atoms with Crippen molar-refractivity contribution in [1.29, 1.82) is 0 Å². The van der Waals surface area contributed by atoms with Gasteiger partial charge in [-0.25, -0.2) is 9.48 Å². The minimum atomic E-state index is -0.591. The van der Waals surface area contributed by atoms with Gasteiger partial charge in [0, 0.05) is 0 Å². The van der Waals surface area contributed by atoms with Gasteiger partial charge in [0.25, 0.3) is 0 Å². The summed E-state index contributed by atoms with van der Waals surface area (Å²) in [6, 6.07) is 5.01. The lowest BCUT2D eigenvalue weighted by Gasteiger charge is -2.05. The molecule has 0 aliphatic carbocycles. The highest BCUT2D eigenvalue weighted by Crippen LogP contribution is 2.28. The van der Waals surface area contributed by atoms with Crippen molar-refractivity contribution in [2.75, 3.05) is 7.11 Å². The number of rotatable bonds is 2. The molecule has 19 heavy (non-hydrogen) atoms. The summed E-state index contributed by atoms with van der Waals surface area (Å²) in [6.07, 6.45) is 0. The van der Waals surface area contributed by atoms with Crippen LogP contribution >= 0.6 is 34.8 Å². The quantitative estimate of drug-likeness (QED) is 0.788. The van der Waals surface area contributed by atoms with Crippen LogP contribution in [0.1, 0.15) is 16.2 Å². The number of hydrogen-bond donors (Lipinski definition) is 0. The predicted octanol–water partition coefficient (Wildman–Crippen LogP) is 3.93. The van der Waals surface area contributed by atoms with E-state index < -0.39 is 5.97 Å². The lowest BCUT2D eigenvalue weighted by molar-refractivity contribution is 0.0593. The van der Waals surface area contributed by atoms with E-state index in [9.17, 15) is 4.79 Å². The van der Waals surface area contributed by atoms with Gasteiger partial charge in [0.2, 0.25) is 0 Å². The van der Waals surface area contributed by atoms with E-state index in [1.165, 1.54) is 11.8 Å². The Balaban J connectivity index is 2.57. The van der Waals surface area contributed by atoms with Crippen LogP contribution in [-0.4, -0.2) is 22.9 Å². The molecule has 0 aliphatic rings. The normalized spacial score (nSPS) is 10.6. The van der Waals surface area contributed by atoms with Gasteiger partial charge in [0.1, 0.15) is 0 Å². The summed E-state index contributed by atoms with van der Waals surface area (Å²) in [5.74, 6) is -0.591. The maximum atomic E-state index is 11.5. The van der Waals surface area contributed by atoms with E-state index in [-0.39, 0.29) is 10.7 Å². The largest absolute Gasteiger partial charge is 0.464 e. The van der Waals surface area contributed by atoms with E-state index in [4.69, 9.17) is 34.8 Å². The Bertz CT molecular complexity index is 653. The third-order valence-electron chi connectivity index (χ3n) is 2.57. The number of carbonyl (C=O) groups excluding carboxylic acids is 1. The second kappa shape index (κ2) is 5.41. The summed E-state index contributed by atoms with van der Waals surface area (Å²) in [4.78, 5) is 11.5. The summed E-state index contributed by atoms with van der Waals surface area (Å²) in [5.41, 5.74) is 1.33. The SMILES string of the molecule is COC(=O)c1nn(-c2ccc(Cl)c(Cl)c2)c(C)c1Cl. The summed E-state index contributed by atoms with van der Waals surface area (Å²) in [5, 5.41) is 5.21. The Morgan fingerprint density at radius 2 is 1.95 bits per heavy atom. The zero-order valence-electron chi connectivity index (χ0n) is 10.1. The first-order valence-corrected chi connectivity index (χ1v) is 6.38. The number of ether oxygens (including phenoxy) is 1.